The Labute approximate surface area is 256 Å². The van der Waals surface area contributed by atoms with Gasteiger partial charge in [0.2, 0.25) is 0 Å². The average Bonchev–Trinajstić information content (AvgIpc) is 3.25. The summed E-state index contributed by atoms with van der Waals surface area (Å²) in [7, 11) is 3.48. The third-order valence-corrected chi connectivity index (χ3v) is 10.5. The molecule has 4 atom stereocenters. The van der Waals surface area contributed by atoms with Crippen LogP contribution in [-0.4, -0.2) is 90.9 Å². The molecule has 3 aliphatic heterocycles. The van der Waals surface area contributed by atoms with E-state index in [1.165, 1.54) is 12.8 Å². The van der Waals surface area contributed by atoms with Gasteiger partial charge in [-0.3, -0.25) is 9.20 Å². The number of pyridine rings is 2. The van der Waals surface area contributed by atoms with E-state index in [0.717, 1.165) is 66.2 Å². The highest BCUT2D eigenvalue weighted by molar-refractivity contribution is 5.97. The minimum absolute atomic E-state index is 0.00447. The molecule has 3 saturated heterocycles. The molecule has 0 radical (unpaired) electrons. The molecule has 2 N–H and O–H groups in total. The molecule has 7 heterocycles. The molecule has 11 heteroatoms. The number of aromatic nitrogens is 4. The summed E-state index contributed by atoms with van der Waals surface area (Å²) in [5.74, 6) is 1.20. The van der Waals surface area contributed by atoms with Crippen LogP contribution in [0.5, 0.6) is 5.88 Å². The van der Waals surface area contributed by atoms with Gasteiger partial charge in [0.1, 0.15) is 17.0 Å². The quantitative estimate of drug-likeness (QED) is 0.342. The lowest BCUT2D eigenvalue weighted by Crippen LogP contribution is -2.40. The molecule has 2 bridgehead atoms. The number of ether oxygens (including phenoxy) is 1. The van der Waals surface area contributed by atoms with Crippen molar-refractivity contribution in [3.8, 4) is 17.3 Å². The molecule has 11 nitrogen and oxygen atoms in total. The molecule has 4 aliphatic rings. The molecule has 0 spiro atoms. The molecule has 4 aromatic rings. The lowest BCUT2D eigenvalue weighted by molar-refractivity contribution is 0.0726. The number of carbonyl (C=O) groups excluding carboxylic acids is 2. The number of likely N-dealkylation sites (N-methyl/N-ethyl adjacent to an activating group) is 1. The van der Waals surface area contributed by atoms with Gasteiger partial charge in [-0.05, 0) is 76.1 Å². The van der Waals surface area contributed by atoms with Gasteiger partial charge in [-0.1, -0.05) is 0 Å². The van der Waals surface area contributed by atoms with Crippen LogP contribution in [0.25, 0.3) is 28.1 Å². The van der Waals surface area contributed by atoms with E-state index in [4.69, 9.17) is 20.4 Å². The molecular formula is C33H40N8O3. The zero-order valence-electron chi connectivity index (χ0n) is 25.9. The third-order valence-electron chi connectivity index (χ3n) is 10.5. The molecule has 0 unspecified atom stereocenters. The van der Waals surface area contributed by atoms with Crippen molar-refractivity contribution in [2.75, 3.05) is 27.2 Å². The fourth-order valence-electron chi connectivity index (χ4n) is 7.79. The first-order valence-electron chi connectivity index (χ1n) is 15.9. The summed E-state index contributed by atoms with van der Waals surface area (Å²) < 4.78 is 10.1. The van der Waals surface area contributed by atoms with Crippen LogP contribution in [0.3, 0.4) is 0 Å². The maximum absolute atomic E-state index is 13.8. The van der Waals surface area contributed by atoms with Gasteiger partial charge in [0.25, 0.3) is 5.91 Å². The number of hydrogen-bond acceptors (Lipinski definition) is 6. The number of rotatable bonds is 7. The van der Waals surface area contributed by atoms with Crippen molar-refractivity contribution in [2.24, 2.45) is 11.7 Å². The van der Waals surface area contributed by atoms with Crippen molar-refractivity contribution in [2.45, 2.75) is 76.7 Å². The summed E-state index contributed by atoms with van der Waals surface area (Å²) in [5, 5.41) is 1.04. The Kier molecular flexibility index (Phi) is 6.20. The smallest absolute Gasteiger partial charge is 0.320 e. The van der Waals surface area contributed by atoms with Crippen molar-refractivity contribution < 1.29 is 14.3 Å². The van der Waals surface area contributed by atoms with Gasteiger partial charge < -0.3 is 29.7 Å². The van der Waals surface area contributed by atoms with Crippen LogP contribution in [0, 0.1) is 12.8 Å². The topological polar surface area (TPSA) is 114 Å². The van der Waals surface area contributed by atoms with Crippen molar-refractivity contribution in [3.05, 3.63) is 47.3 Å². The highest BCUT2D eigenvalue weighted by atomic mass is 16.5. The minimum atomic E-state index is -0.123. The summed E-state index contributed by atoms with van der Waals surface area (Å²) in [4.78, 5) is 42.5. The number of imidazole rings is 1. The van der Waals surface area contributed by atoms with E-state index in [-0.39, 0.29) is 36.1 Å². The number of methoxy groups -OCH3 is 1. The van der Waals surface area contributed by atoms with E-state index in [1.54, 1.807) is 12.0 Å². The molecule has 3 amide bonds. The molecular weight excluding hydrogens is 556 g/mol. The number of hydrogen-bond donors (Lipinski definition) is 1. The van der Waals surface area contributed by atoms with Gasteiger partial charge in [0.15, 0.2) is 5.88 Å². The van der Waals surface area contributed by atoms with Crippen molar-refractivity contribution in [1.82, 2.24) is 33.6 Å². The Bertz CT molecular complexity index is 1820. The molecule has 4 aromatic heterocycles. The molecule has 230 valence electrons. The lowest BCUT2D eigenvalue weighted by Gasteiger charge is -2.23. The van der Waals surface area contributed by atoms with Crippen LogP contribution in [-0.2, 0) is 6.54 Å². The standard InChI is InChI=1S/C33H40N8O3/c1-18(38-12-11-37(3)33(38)43)25-9-7-21-13-27(39(31(21)35-25)17-20-5-6-20)30-19(2)40-28(36-30)14-22(15-29(40)44-4)32(42)41-23-8-10-26(41)24(34)16-23/h7,9,13-15,18,20,23-24,26H,5-6,8,10-12,16-17,34H2,1-4H3/t18-,23+,24-,26-/m1/s1. The molecule has 0 aromatic carbocycles. The van der Waals surface area contributed by atoms with Gasteiger partial charge in [-0.2, -0.15) is 0 Å². The first kappa shape index (κ1) is 27.4. The fourth-order valence-corrected chi connectivity index (χ4v) is 7.79. The number of nitrogens with two attached hydrogens (primary N) is 1. The summed E-state index contributed by atoms with van der Waals surface area (Å²) >= 11 is 0. The van der Waals surface area contributed by atoms with Crippen LogP contribution in [0.2, 0.25) is 0 Å². The van der Waals surface area contributed by atoms with Crippen molar-refractivity contribution >= 4 is 28.6 Å². The maximum Gasteiger partial charge on any atom is 0.320 e. The second kappa shape index (κ2) is 9.95. The Morgan fingerprint density at radius 2 is 1.93 bits per heavy atom. The van der Waals surface area contributed by atoms with Gasteiger partial charge in [-0.15, -0.1) is 0 Å². The van der Waals surface area contributed by atoms with Crippen LogP contribution in [0.15, 0.2) is 30.3 Å². The number of aryl methyl sites for hydroxylation is 1. The number of fused-ring (bicyclic) bond motifs is 4. The van der Waals surface area contributed by atoms with Crippen LogP contribution in [0.1, 0.15) is 66.8 Å². The van der Waals surface area contributed by atoms with Crippen molar-refractivity contribution in [3.63, 3.8) is 0 Å². The predicted molar refractivity (Wildman–Crippen MR) is 167 cm³/mol. The normalized spacial score (nSPS) is 24.0. The van der Waals surface area contributed by atoms with Gasteiger partial charge >= 0.3 is 6.03 Å². The van der Waals surface area contributed by atoms with E-state index in [0.29, 0.717) is 29.6 Å². The number of urea groups is 1. The van der Waals surface area contributed by atoms with E-state index in [9.17, 15) is 9.59 Å². The molecule has 44 heavy (non-hydrogen) atoms. The number of carbonyl (C=O) groups is 2. The Hall–Kier alpha value is -4.12. The van der Waals surface area contributed by atoms with Crippen LogP contribution >= 0.6 is 0 Å². The van der Waals surface area contributed by atoms with Crippen LogP contribution < -0.4 is 10.5 Å². The first-order valence-corrected chi connectivity index (χ1v) is 15.9. The first-order chi connectivity index (χ1) is 21.2. The third kappa shape index (κ3) is 4.12. The molecule has 1 aliphatic carbocycles. The maximum atomic E-state index is 13.8. The van der Waals surface area contributed by atoms with Crippen LogP contribution in [0.4, 0.5) is 4.79 Å². The van der Waals surface area contributed by atoms with Gasteiger partial charge in [-0.25, -0.2) is 14.8 Å². The fraction of sp³-hybridized carbons (Fsp3) is 0.515. The second-order valence-corrected chi connectivity index (χ2v) is 13.2. The Morgan fingerprint density at radius 1 is 1.11 bits per heavy atom. The van der Waals surface area contributed by atoms with E-state index >= 15 is 0 Å². The minimum Gasteiger partial charge on any atom is -0.482 e. The monoisotopic (exact) mass is 596 g/mol. The van der Waals surface area contributed by atoms with Gasteiger partial charge in [0.05, 0.1) is 30.2 Å². The molecule has 4 fully saturated rings. The zero-order chi connectivity index (χ0) is 30.4. The number of amides is 3. The largest absolute Gasteiger partial charge is 0.482 e. The van der Waals surface area contributed by atoms with E-state index in [2.05, 4.69) is 30.5 Å². The second-order valence-electron chi connectivity index (χ2n) is 13.2. The van der Waals surface area contributed by atoms with Crippen molar-refractivity contribution in [1.29, 1.82) is 0 Å². The highest BCUT2D eigenvalue weighted by Crippen LogP contribution is 2.40. The van der Waals surface area contributed by atoms with Gasteiger partial charge in [0, 0.05) is 61.8 Å². The highest BCUT2D eigenvalue weighted by Gasteiger charge is 2.47. The summed E-state index contributed by atoms with van der Waals surface area (Å²) in [6, 6.07) is 10.3. The molecule has 1 saturated carbocycles. The average molecular weight is 597 g/mol. The summed E-state index contributed by atoms with van der Waals surface area (Å²) in [6.07, 6.45) is 5.26. The summed E-state index contributed by atoms with van der Waals surface area (Å²) in [5.41, 5.74) is 12.2. The SMILES string of the molecule is COc1cc(C(=O)N2[C@H]3CC[C@@H]2[C@H](N)C3)cc2nc(-c3cc4ccc([C@@H](C)N5CCN(C)C5=O)nc4n3CC3CC3)c(C)n12. The van der Waals surface area contributed by atoms with E-state index < -0.39 is 0 Å². The molecule has 8 rings (SSSR count). The van der Waals surface area contributed by atoms with E-state index in [1.807, 2.05) is 39.4 Å². The predicted octanol–water partition coefficient (Wildman–Crippen LogP) is 4.21. The zero-order valence-corrected chi connectivity index (χ0v) is 25.9. The Balaban J connectivity index is 1.21. The number of nitrogens with zero attached hydrogens (tertiary/aromatic N) is 7. The summed E-state index contributed by atoms with van der Waals surface area (Å²) in [6.45, 7) is 6.39. The Morgan fingerprint density at radius 3 is 2.59 bits per heavy atom. The lowest BCUT2D eigenvalue weighted by atomic mass is 9.97.